The zero-order valence-corrected chi connectivity index (χ0v) is 11.3. The monoisotopic (exact) mass is 291 g/mol. The molecule has 7 heteroatoms. The smallest absolute Gasteiger partial charge is 0.246 e. The van der Waals surface area contributed by atoms with Gasteiger partial charge in [0.1, 0.15) is 16.5 Å². The lowest BCUT2D eigenvalue weighted by molar-refractivity contribution is -0.0654. The van der Waals surface area contributed by atoms with Gasteiger partial charge in [0.2, 0.25) is 10.0 Å². The summed E-state index contributed by atoms with van der Waals surface area (Å²) in [6.45, 7) is 1.71. The van der Waals surface area contributed by atoms with Gasteiger partial charge in [-0.1, -0.05) is 13.3 Å². The molecule has 1 aromatic carbocycles. The van der Waals surface area contributed by atoms with Crippen molar-refractivity contribution in [3.05, 3.63) is 29.8 Å². The van der Waals surface area contributed by atoms with E-state index in [9.17, 15) is 22.3 Å². The van der Waals surface area contributed by atoms with Crippen molar-refractivity contribution < 1.29 is 22.3 Å². The number of β-amino-alcohol motifs (C(OH)–C–C–N with tert-alkyl or cyclic N) is 1. The van der Waals surface area contributed by atoms with Gasteiger partial charge in [-0.25, -0.2) is 17.2 Å². The van der Waals surface area contributed by atoms with E-state index in [2.05, 4.69) is 0 Å². The van der Waals surface area contributed by atoms with Crippen LogP contribution < -0.4 is 0 Å². The number of hydrogen-bond donors (Lipinski definition) is 1. The SMILES string of the molecule is CCCC1(O)CN(S(=O)(=O)c2cc(F)ccc2F)C1. The Kier molecular flexibility index (Phi) is 3.63. The molecular weight excluding hydrogens is 276 g/mol. The molecule has 0 spiro atoms. The molecule has 0 amide bonds. The minimum Gasteiger partial charge on any atom is -0.387 e. The minimum atomic E-state index is -4.09. The highest BCUT2D eigenvalue weighted by Crippen LogP contribution is 2.32. The largest absolute Gasteiger partial charge is 0.387 e. The van der Waals surface area contributed by atoms with Crippen LogP contribution in [0.4, 0.5) is 8.78 Å². The first-order valence-corrected chi connectivity index (χ1v) is 7.40. The molecule has 19 heavy (non-hydrogen) atoms. The Morgan fingerprint density at radius 2 is 2.00 bits per heavy atom. The van der Waals surface area contributed by atoms with E-state index in [0.29, 0.717) is 12.5 Å². The summed E-state index contributed by atoms with van der Waals surface area (Å²) in [6, 6.07) is 2.29. The molecule has 0 bridgehead atoms. The van der Waals surface area contributed by atoms with Gasteiger partial charge in [-0.05, 0) is 24.6 Å². The summed E-state index contributed by atoms with van der Waals surface area (Å²) < 4.78 is 51.7. The van der Waals surface area contributed by atoms with Crippen LogP contribution in [0.1, 0.15) is 19.8 Å². The normalized spacial score (nSPS) is 19.2. The number of halogens is 2. The second kappa shape index (κ2) is 4.81. The summed E-state index contributed by atoms with van der Waals surface area (Å²) in [4.78, 5) is -0.689. The predicted molar refractivity (Wildman–Crippen MR) is 65.0 cm³/mol. The molecule has 1 heterocycles. The zero-order chi connectivity index (χ0) is 14.3. The average molecular weight is 291 g/mol. The Bertz CT molecular complexity index is 583. The standard InChI is InChI=1S/C12H15F2NO3S/c1-2-5-12(16)7-15(8-12)19(17,18)11-6-9(13)3-4-10(11)14/h3-4,6,16H,2,5,7-8H2,1H3. The third kappa shape index (κ3) is 2.63. The summed E-state index contributed by atoms with van der Waals surface area (Å²) in [5, 5.41) is 9.94. The average Bonchev–Trinajstić information content (AvgIpc) is 2.29. The van der Waals surface area contributed by atoms with E-state index >= 15 is 0 Å². The van der Waals surface area contributed by atoms with E-state index in [-0.39, 0.29) is 13.1 Å². The van der Waals surface area contributed by atoms with Crippen LogP contribution in [-0.2, 0) is 10.0 Å². The first-order valence-electron chi connectivity index (χ1n) is 5.96. The second-order valence-corrected chi connectivity index (χ2v) is 6.73. The van der Waals surface area contributed by atoms with Crippen LogP contribution in [0.3, 0.4) is 0 Å². The first-order chi connectivity index (χ1) is 8.78. The molecule has 1 fully saturated rings. The molecule has 0 saturated carbocycles. The third-order valence-corrected chi connectivity index (χ3v) is 4.97. The molecule has 0 radical (unpaired) electrons. The van der Waals surface area contributed by atoms with Gasteiger partial charge in [-0.2, -0.15) is 4.31 Å². The number of benzene rings is 1. The maximum Gasteiger partial charge on any atom is 0.246 e. The molecule has 1 saturated heterocycles. The van der Waals surface area contributed by atoms with Crippen molar-refractivity contribution in [2.45, 2.75) is 30.3 Å². The van der Waals surface area contributed by atoms with Crippen molar-refractivity contribution in [3.8, 4) is 0 Å². The van der Waals surface area contributed by atoms with Crippen molar-refractivity contribution in [2.24, 2.45) is 0 Å². The minimum absolute atomic E-state index is 0.0842. The van der Waals surface area contributed by atoms with Crippen LogP contribution in [0, 0.1) is 11.6 Å². The Balaban J connectivity index is 2.24. The maximum absolute atomic E-state index is 13.5. The van der Waals surface area contributed by atoms with Crippen LogP contribution >= 0.6 is 0 Å². The maximum atomic E-state index is 13.5. The molecule has 2 rings (SSSR count). The number of aliphatic hydroxyl groups is 1. The fourth-order valence-electron chi connectivity index (χ4n) is 2.22. The number of hydrogen-bond acceptors (Lipinski definition) is 3. The fraction of sp³-hybridized carbons (Fsp3) is 0.500. The molecule has 1 aliphatic heterocycles. The van der Waals surface area contributed by atoms with Crippen LogP contribution in [0.15, 0.2) is 23.1 Å². The second-order valence-electron chi connectivity index (χ2n) is 4.82. The van der Waals surface area contributed by atoms with Crippen molar-refractivity contribution in [2.75, 3.05) is 13.1 Å². The van der Waals surface area contributed by atoms with E-state index in [0.717, 1.165) is 22.9 Å². The Hall–Kier alpha value is -1.05. The van der Waals surface area contributed by atoms with Gasteiger partial charge < -0.3 is 5.11 Å². The highest BCUT2D eigenvalue weighted by atomic mass is 32.2. The van der Waals surface area contributed by atoms with Crippen LogP contribution in [0.5, 0.6) is 0 Å². The van der Waals surface area contributed by atoms with E-state index in [1.807, 2.05) is 6.92 Å². The topological polar surface area (TPSA) is 57.6 Å². The lowest BCUT2D eigenvalue weighted by atomic mass is 9.92. The van der Waals surface area contributed by atoms with Crippen molar-refractivity contribution >= 4 is 10.0 Å². The van der Waals surface area contributed by atoms with Gasteiger partial charge in [-0.3, -0.25) is 0 Å². The highest BCUT2D eigenvalue weighted by Gasteiger charge is 2.47. The molecule has 0 aromatic heterocycles. The first kappa shape index (κ1) is 14.4. The summed E-state index contributed by atoms with van der Waals surface area (Å²) in [5.41, 5.74) is -1.05. The Labute approximate surface area is 110 Å². The number of sulfonamides is 1. The molecule has 0 aliphatic carbocycles. The van der Waals surface area contributed by atoms with Gasteiger partial charge >= 0.3 is 0 Å². The van der Waals surface area contributed by atoms with E-state index in [1.165, 1.54) is 0 Å². The summed E-state index contributed by atoms with van der Waals surface area (Å²) in [5.74, 6) is -1.81. The Morgan fingerprint density at radius 1 is 1.37 bits per heavy atom. The summed E-state index contributed by atoms with van der Waals surface area (Å²) in [6.07, 6.45) is 1.20. The van der Waals surface area contributed by atoms with Crippen LogP contribution in [0.2, 0.25) is 0 Å². The summed E-state index contributed by atoms with van der Waals surface area (Å²) in [7, 11) is -4.09. The number of nitrogens with zero attached hydrogens (tertiary/aromatic N) is 1. The zero-order valence-electron chi connectivity index (χ0n) is 10.4. The molecule has 106 valence electrons. The molecule has 0 atom stereocenters. The van der Waals surface area contributed by atoms with Crippen molar-refractivity contribution in [1.29, 1.82) is 0 Å². The molecular formula is C12H15F2NO3S. The van der Waals surface area contributed by atoms with Crippen molar-refractivity contribution in [3.63, 3.8) is 0 Å². The summed E-state index contributed by atoms with van der Waals surface area (Å²) >= 11 is 0. The van der Waals surface area contributed by atoms with E-state index in [1.54, 1.807) is 0 Å². The molecule has 1 aliphatic rings. The van der Waals surface area contributed by atoms with Gasteiger partial charge in [0.15, 0.2) is 0 Å². The van der Waals surface area contributed by atoms with E-state index in [4.69, 9.17) is 0 Å². The fourth-order valence-corrected chi connectivity index (χ4v) is 3.89. The molecule has 1 N–H and O–H groups in total. The van der Waals surface area contributed by atoms with Crippen molar-refractivity contribution in [1.82, 2.24) is 4.31 Å². The van der Waals surface area contributed by atoms with Crippen LogP contribution in [0.25, 0.3) is 0 Å². The van der Waals surface area contributed by atoms with E-state index < -0.39 is 32.2 Å². The van der Waals surface area contributed by atoms with Gasteiger partial charge in [-0.15, -0.1) is 0 Å². The van der Waals surface area contributed by atoms with Gasteiger partial charge in [0.05, 0.1) is 5.60 Å². The Morgan fingerprint density at radius 3 is 2.58 bits per heavy atom. The molecule has 0 unspecified atom stereocenters. The third-order valence-electron chi connectivity index (χ3n) is 3.17. The van der Waals surface area contributed by atoms with Gasteiger partial charge in [0, 0.05) is 13.1 Å². The van der Waals surface area contributed by atoms with Gasteiger partial charge in [0.25, 0.3) is 0 Å². The van der Waals surface area contributed by atoms with Crippen LogP contribution in [-0.4, -0.2) is 36.5 Å². The quantitative estimate of drug-likeness (QED) is 0.914. The molecule has 1 aromatic rings. The highest BCUT2D eigenvalue weighted by molar-refractivity contribution is 7.89. The lowest BCUT2D eigenvalue weighted by Gasteiger charge is -2.45. The lowest BCUT2D eigenvalue weighted by Crippen LogP contribution is -2.63. The molecule has 4 nitrogen and oxygen atoms in total. The number of rotatable bonds is 4. The predicted octanol–water partition coefficient (Wildman–Crippen LogP) is 1.50.